The number of benzene rings is 2. The van der Waals surface area contributed by atoms with Gasteiger partial charge in [-0.1, -0.05) is 71.8 Å². The topological polar surface area (TPSA) is 26.8 Å². The average Bonchev–Trinajstić information content (AvgIpc) is 3.76. The highest BCUT2D eigenvalue weighted by Crippen LogP contribution is 2.43. The number of nitrogens with zero attached hydrogens (tertiary/aromatic N) is 3. The van der Waals surface area contributed by atoms with Gasteiger partial charge in [-0.2, -0.15) is 0 Å². The van der Waals surface area contributed by atoms with Gasteiger partial charge in [0.2, 0.25) is 5.91 Å². The maximum atomic E-state index is 13.0. The molecule has 0 bridgehead atoms. The highest BCUT2D eigenvalue weighted by atomic mass is 16.2. The summed E-state index contributed by atoms with van der Waals surface area (Å²) in [5, 5.41) is 0. The zero-order valence-corrected chi connectivity index (χ0v) is 19.4. The summed E-state index contributed by atoms with van der Waals surface area (Å²) in [4.78, 5) is 20.4. The Balaban J connectivity index is 1.03. The molecular formula is C29H34N3O. The normalized spacial score (nSPS) is 25.7. The summed E-state index contributed by atoms with van der Waals surface area (Å²) in [7, 11) is 0. The summed E-state index contributed by atoms with van der Waals surface area (Å²) in [6.45, 7) is 7.25. The van der Waals surface area contributed by atoms with Crippen molar-refractivity contribution in [1.29, 1.82) is 0 Å². The molecule has 2 aliphatic heterocycles. The molecule has 1 radical (unpaired) electrons. The first kappa shape index (κ1) is 21.1. The van der Waals surface area contributed by atoms with Crippen molar-refractivity contribution in [2.24, 2.45) is 11.8 Å². The third-order valence-electron chi connectivity index (χ3n) is 8.03. The number of likely N-dealkylation sites (tertiary alicyclic amines) is 1. The van der Waals surface area contributed by atoms with E-state index in [1.165, 1.54) is 22.3 Å². The van der Waals surface area contributed by atoms with Gasteiger partial charge >= 0.3 is 0 Å². The van der Waals surface area contributed by atoms with Crippen LogP contribution in [-0.4, -0.2) is 66.4 Å². The molecule has 1 saturated heterocycles. The predicted octanol–water partition coefficient (Wildman–Crippen LogP) is 4.17. The summed E-state index contributed by atoms with van der Waals surface area (Å²) in [5.41, 5.74) is 5.77. The fourth-order valence-corrected chi connectivity index (χ4v) is 5.89. The zero-order valence-electron chi connectivity index (χ0n) is 19.4. The maximum Gasteiger partial charge on any atom is 0.226 e. The highest BCUT2D eigenvalue weighted by molar-refractivity contribution is 5.82. The number of hydrogen-bond acceptors (Lipinski definition) is 3. The molecule has 0 N–H and O–H groups in total. The Morgan fingerprint density at radius 2 is 1.36 bits per heavy atom. The van der Waals surface area contributed by atoms with E-state index in [4.69, 9.17) is 0 Å². The minimum atomic E-state index is 0.276. The lowest BCUT2D eigenvalue weighted by molar-refractivity contribution is -0.132. The van der Waals surface area contributed by atoms with Crippen molar-refractivity contribution in [2.45, 2.75) is 25.3 Å². The monoisotopic (exact) mass is 440 g/mol. The van der Waals surface area contributed by atoms with Gasteiger partial charge in [0.15, 0.2) is 0 Å². The van der Waals surface area contributed by atoms with Gasteiger partial charge in [-0.15, -0.1) is 0 Å². The van der Waals surface area contributed by atoms with E-state index in [0.29, 0.717) is 17.9 Å². The van der Waals surface area contributed by atoms with Crippen LogP contribution in [0.15, 0.2) is 71.8 Å². The van der Waals surface area contributed by atoms with Crippen LogP contribution in [0.2, 0.25) is 0 Å². The quantitative estimate of drug-likeness (QED) is 0.675. The largest absolute Gasteiger partial charge is 0.342 e. The van der Waals surface area contributed by atoms with E-state index in [9.17, 15) is 4.79 Å². The Hall–Kier alpha value is -2.43. The number of piperazine rings is 1. The highest BCUT2D eigenvalue weighted by Gasteiger charge is 2.46. The lowest BCUT2D eigenvalue weighted by atomic mass is 9.96. The van der Waals surface area contributed by atoms with E-state index in [-0.39, 0.29) is 5.92 Å². The molecule has 4 aliphatic rings. The molecule has 1 amide bonds. The van der Waals surface area contributed by atoms with Crippen molar-refractivity contribution in [3.05, 3.63) is 89.4 Å². The van der Waals surface area contributed by atoms with Crippen LogP contribution in [0.3, 0.4) is 0 Å². The van der Waals surface area contributed by atoms with Crippen LogP contribution in [0.4, 0.5) is 0 Å². The van der Waals surface area contributed by atoms with E-state index >= 15 is 0 Å². The molecular weight excluding hydrogens is 406 g/mol. The summed E-state index contributed by atoms with van der Waals surface area (Å²) in [6.07, 6.45) is 5.54. The molecule has 33 heavy (non-hydrogen) atoms. The fraction of sp³-hybridized carbons (Fsp3) is 0.448. The number of carbonyl (C=O) groups excluding carboxylic acids is 1. The number of amides is 1. The van der Waals surface area contributed by atoms with Crippen LogP contribution in [0, 0.1) is 18.3 Å². The Morgan fingerprint density at radius 1 is 0.788 bits per heavy atom. The molecule has 2 heterocycles. The molecule has 2 atom stereocenters. The lowest BCUT2D eigenvalue weighted by Crippen LogP contribution is -2.48. The molecule has 1 saturated carbocycles. The molecule has 2 aliphatic carbocycles. The lowest BCUT2D eigenvalue weighted by Gasteiger charge is -2.40. The Morgan fingerprint density at radius 3 is 1.94 bits per heavy atom. The molecule has 2 unspecified atom stereocenters. The minimum absolute atomic E-state index is 0.276. The van der Waals surface area contributed by atoms with Crippen molar-refractivity contribution in [1.82, 2.24) is 14.7 Å². The van der Waals surface area contributed by atoms with Crippen LogP contribution in [0.25, 0.3) is 0 Å². The molecule has 2 fully saturated rings. The van der Waals surface area contributed by atoms with E-state index in [1.807, 2.05) is 0 Å². The SMILES string of the molecule is O=C(C1CC1CN1CCN(C(c2ccccc2)c2ccccc2)CC1)N1CCC2=C([CH]2)CC1. The molecule has 6 rings (SSSR count). The van der Waals surface area contributed by atoms with Crippen molar-refractivity contribution in [3.8, 4) is 0 Å². The first-order chi connectivity index (χ1) is 16.3. The molecule has 2 aromatic rings. The maximum absolute atomic E-state index is 13.0. The number of hydrogen-bond donors (Lipinski definition) is 0. The average molecular weight is 441 g/mol. The van der Waals surface area contributed by atoms with E-state index < -0.39 is 0 Å². The van der Waals surface area contributed by atoms with Gasteiger partial charge in [0.25, 0.3) is 0 Å². The first-order valence-corrected chi connectivity index (χ1v) is 12.7. The van der Waals surface area contributed by atoms with Gasteiger partial charge in [0, 0.05) is 58.2 Å². The van der Waals surface area contributed by atoms with Crippen LogP contribution in [-0.2, 0) is 4.79 Å². The Bertz CT molecular complexity index is 954. The predicted molar refractivity (Wildman–Crippen MR) is 131 cm³/mol. The molecule has 2 aromatic carbocycles. The summed E-state index contributed by atoms with van der Waals surface area (Å²) in [6, 6.07) is 22.1. The first-order valence-electron chi connectivity index (χ1n) is 12.7. The van der Waals surface area contributed by atoms with Crippen molar-refractivity contribution in [3.63, 3.8) is 0 Å². The van der Waals surface area contributed by atoms with Crippen molar-refractivity contribution < 1.29 is 4.79 Å². The Kier molecular flexibility index (Phi) is 5.81. The van der Waals surface area contributed by atoms with E-state index in [2.05, 4.69) is 81.8 Å². The van der Waals surface area contributed by atoms with Crippen LogP contribution in [0.5, 0.6) is 0 Å². The number of carbonyl (C=O) groups is 1. The summed E-state index contributed by atoms with van der Waals surface area (Å²) < 4.78 is 0. The molecule has 4 nitrogen and oxygen atoms in total. The summed E-state index contributed by atoms with van der Waals surface area (Å²) in [5.74, 6) is 1.26. The minimum Gasteiger partial charge on any atom is -0.342 e. The number of rotatable bonds is 6. The smallest absolute Gasteiger partial charge is 0.226 e. The third kappa shape index (κ3) is 4.64. The van der Waals surface area contributed by atoms with Crippen molar-refractivity contribution >= 4 is 5.91 Å². The van der Waals surface area contributed by atoms with Crippen LogP contribution >= 0.6 is 0 Å². The van der Waals surface area contributed by atoms with E-state index in [1.54, 1.807) is 0 Å². The molecule has 4 heteroatoms. The zero-order chi connectivity index (χ0) is 22.2. The second kappa shape index (κ2) is 9.08. The standard InChI is InChI=1S/C29H34N3O/c33-29(32-13-11-24-19-25(24)12-14-32)27-20-26(27)21-30-15-17-31(18-16-30)28(22-7-3-1-4-8-22)23-9-5-2-6-10-23/h1-10,19,26-28H,11-18,20-21H2. The molecule has 0 aromatic heterocycles. The third-order valence-corrected chi connectivity index (χ3v) is 8.03. The van der Waals surface area contributed by atoms with Crippen LogP contribution < -0.4 is 0 Å². The van der Waals surface area contributed by atoms with Gasteiger partial charge in [0.05, 0.1) is 6.04 Å². The second-order valence-electron chi connectivity index (χ2n) is 10.2. The molecule has 0 spiro atoms. The second-order valence-corrected chi connectivity index (χ2v) is 10.2. The van der Waals surface area contributed by atoms with Gasteiger partial charge in [-0.3, -0.25) is 9.69 Å². The Labute approximate surface area is 197 Å². The van der Waals surface area contributed by atoms with Gasteiger partial charge < -0.3 is 9.80 Å². The molecule has 171 valence electrons. The van der Waals surface area contributed by atoms with Crippen LogP contribution in [0.1, 0.15) is 36.4 Å². The van der Waals surface area contributed by atoms with Gasteiger partial charge in [-0.25, -0.2) is 0 Å². The summed E-state index contributed by atoms with van der Waals surface area (Å²) >= 11 is 0. The van der Waals surface area contributed by atoms with Gasteiger partial charge in [0.1, 0.15) is 0 Å². The fourth-order valence-electron chi connectivity index (χ4n) is 5.89. The van der Waals surface area contributed by atoms with Gasteiger partial charge in [-0.05, 0) is 36.3 Å². The van der Waals surface area contributed by atoms with Crippen molar-refractivity contribution in [2.75, 3.05) is 45.8 Å². The van der Waals surface area contributed by atoms with E-state index in [0.717, 1.165) is 65.1 Å².